The highest BCUT2D eigenvalue weighted by molar-refractivity contribution is 6.02. The molecule has 4 nitrogen and oxygen atoms in total. The Morgan fingerprint density at radius 1 is 1.33 bits per heavy atom. The summed E-state index contributed by atoms with van der Waals surface area (Å²) in [5.74, 6) is -2.73. The number of hydrogen-bond acceptors (Lipinski definition) is 2. The number of benzene rings is 1. The largest absolute Gasteiger partial charge is 0.480 e. The van der Waals surface area contributed by atoms with Gasteiger partial charge in [-0.2, -0.15) is 0 Å². The number of nitrogens with one attached hydrogen (secondary N) is 1. The molecule has 0 aliphatic rings. The smallest absolute Gasteiger partial charge is 0.320 e. The van der Waals surface area contributed by atoms with Crippen molar-refractivity contribution in [3.63, 3.8) is 0 Å². The van der Waals surface area contributed by atoms with Crippen molar-refractivity contribution in [3.8, 4) is 0 Å². The molecule has 0 aliphatic heterocycles. The second-order valence-electron chi connectivity index (χ2n) is 3.08. The standard InChI is InChI=1S/C11H13NO3/c1-2-12-10(13)9(11(14)15)8-6-4-3-5-7-8/h3-7,9H,2H2,1H3,(H,12,13)(H,14,15)/t9-/m1/s1. The number of carbonyl (C=O) groups is 2. The van der Waals surface area contributed by atoms with Crippen LogP contribution in [0, 0.1) is 0 Å². The van der Waals surface area contributed by atoms with Gasteiger partial charge < -0.3 is 10.4 Å². The Balaban J connectivity index is 2.94. The maximum atomic E-state index is 11.5. The summed E-state index contributed by atoms with van der Waals surface area (Å²) in [6.07, 6.45) is 0. The number of likely N-dealkylation sites (N-methyl/N-ethyl adjacent to an activating group) is 1. The first-order chi connectivity index (χ1) is 7.16. The van der Waals surface area contributed by atoms with E-state index in [-0.39, 0.29) is 0 Å². The van der Waals surface area contributed by atoms with E-state index in [1.54, 1.807) is 37.3 Å². The molecule has 1 amide bonds. The molecule has 0 saturated carbocycles. The van der Waals surface area contributed by atoms with Crippen molar-refractivity contribution in [2.45, 2.75) is 12.8 Å². The van der Waals surface area contributed by atoms with Gasteiger partial charge >= 0.3 is 5.97 Å². The molecule has 0 aromatic heterocycles. The lowest BCUT2D eigenvalue weighted by Crippen LogP contribution is -2.33. The van der Waals surface area contributed by atoms with Crippen LogP contribution in [0.5, 0.6) is 0 Å². The van der Waals surface area contributed by atoms with Gasteiger partial charge in [0.05, 0.1) is 0 Å². The van der Waals surface area contributed by atoms with Crippen LogP contribution in [-0.2, 0) is 9.59 Å². The van der Waals surface area contributed by atoms with Crippen LogP contribution in [0.25, 0.3) is 0 Å². The number of carboxylic acid groups (broad SMARTS) is 1. The van der Waals surface area contributed by atoms with Crippen molar-refractivity contribution in [1.82, 2.24) is 5.32 Å². The molecule has 0 heterocycles. The summed E-state index contributed by atoms with van der Waals surface area (Å²) in [5.41, 5.74) is 0.496. The summed E-state index contributed by atoms with van der Waals surface area (Å²) in [6.45, 7) is 2.18. The Hall–Kier alpha value is -1.84. The molecule has 4 heteroatoms. The lowest BCUT2D eigenvalue weighted by atomic mass is 9.98. The van der Waals surface area contributed by atoms with Crippen LogP contribution in [-0.4, -0.2) is 23.5 Å². The van der Waals surface area contributed by atoms with Crippen LogP contribution in [0.3, 0.4) is 0 Å². The van der Waals surface area contributed by atoms with E-state index in [2.05, 4.69) is 5.32 Å². The molecule has 0 saturated heterocycles. The summed E-state index contributed by atoms with van der Waals surface area (Å²) >= 11 is 0. The van der Waals surface area contributed by atoms with Gasteiger partial charge in [0.15, 0.2) is 5.92 Å². The fourth-order valence-electron chi connectivity index (χ4n) is 1.33. The number of aliphatic carboxylic acids is 1. The van der Waals surface area contributed by atoms with E-state index < -0.39 is 17.8 Å². The van der Waals surface area contributed by atoms with Crippen LogP contribution in [0.15, 0.2) is 30.3 Å². The van der Waals surface area contributed by atoms with E-state index in [9.17, 15) is 9.59 Å². The van der Waals surface area contributed by atoms with Gasteiger partial charge in [0.1, 0.15) is 0 Å². The molecule has 0 fully saturated rings. The molecule has 15 heavy (non-hydrogen) atoms. The van der Waals surface area contributed by atoms with Crippen LogP contribution in [0.4, 0.5) is 0 Å². The second kappa shape index (κ2) is 5.14. The zero-order valence-corrected chi connectivity index (χ0v) is 8.43. The maximum Gasteiger partial charge on any atom is 0.320 e. The SMILES string of the molecule is CCNC(=O)[C@H](C(=O)O)c1ccccc1. The predicted molar refractivity (Wildman–Crippen MR) is 55.5 cm³/mol. The quantitative estimate of drug-likeness (QED) is 0.723. The average molecular weight is 207 g/mol. The van der Waals surface area contributed by atoms with Crippen LogP contribution >= 0.6 is 0 Å². The molecule has 1 rings (SSSR count). The van der Waals surface area contributed by atoms with Gasteiger partial charge in [0.25, 0.3) is 0 Å². The van der Waals surface area contributed by atoms with Gasteiger partial charge in [-0.3, -0.25) is 9.59 Å². The van der Waals surface area contributed by atoms with Gasteiger partial charge in [0, 0.05) is 6.54 Å². The van der Waals surface area contributed by atoms with Gasteiger partial charge in [-0.15, -0.1) is 0 Å². The number of carbonyl (C=O) groups excluding carboxylic acids is 1. The summed E-state index contributed by atoms with van der Waals surface area (Å²) in [6, 6.07) is 8.47. The minimum absolute atomic E-state index is 0.426. The average Bonchev–Trinajstić information content (AvgIpc) is 2.19. The molecule has 80 valence electrons. The van der Waals surface area contributed by atoms with Gasteiger partial charge in [-0.05, 0) is 12.5 Å². The van der Waals surface area contributed by atoms with Gasteiger partial charge in [-0.1, -0.05) is 30.3 Å². The monoisotopic (exact) mass is 207 g/mol. The minimum atomic E-state index is -1.13. The predicted octanol–water partition coefficient (Wildman–Crippen LogP) is 0.991. The molecule has 0 unspecified atom stereocenters. The van der Waals surface area contributed by atoms with Crippen molar-refractivity contribution in [1.29, 1.82) is 0 Å². The van der Waals surface area contributed by atoms with E-state index in [4.69, 9.17) is 5.11 Å². The maximum absolute atomic E-state index is 11.5. The minimum Gasteiger partial charge on any atom is -0.480 e. The van der Waals surface area contributed by atoms with Crippen molar-refractivity contribution in [3.05, 3.63) is 35.9 Å². The number of rotatable bonds is 4. The topological polar surface area (TPSA) is 66.4 Å². The fraction of sp³-hybridized carbons (Fsp3) is 0.273. The van der Waals surface area contributed by atoms with Crippen LogP contribution in [0.1, 0.15) is 18.4 Å². The zero-order chi connectivity index (χ0) is 11.3. The van der Waals surface area contributed by atoms with E-state index in [0.29, 0.717) is 12.1 Å². The third-order valence-electron chi connectivity index (χ3n) is 1.99. The molecule has 1 atom stereocenters. The van der Waals surface area contributed by atoms with E-state index >= 15 is 0 Å². The fourth-order valence-corrected chi connectivity index (χ4v) is 1.33. The lowest BCUT2D eigenvalue weighted by Gasteiger charge is -2.11. The normalized spacial score (nSPS) is 11.8. The van der Waals surface area contributed by atoms with Crippen molar-refractivity contribution >= 4 is 11.9 Å². The Kier molecular flexibility index (Phi) is 3.85. The highest BCUT2D eigenvalue weighted by Gasteiger charge is 2.27. The number of amides is 1. The first-order valence-corrected chi connectivity index (χ1v) is 4.72. The molecule has 0 aliphatic carbocycles. The molecule has 1 aromatic rings. The molecule has 0 bridgehead atoms. The Labute approximate surface area is 87.9 Å². The van der Waals surface area contributed by atoms with Gasteiger partial charge in [-0.25, -0.2) is 0 Å². The van der Waals surface area contributed by atoms with Crippen molar-refractivity contribution in [2.24, 2.45) is 0 Å². The van der Waals surface area contributed by atoms with Crippen LogP contribution in [0.2, 0.25) is 0 Å². The Morgan fingerprint density at radius 2 is 1.93 bits per heavy atom. The lowest BCUT2D eigenvalue weighted by molar-refractivity contribution is -0.143. The Morgan fingerprint density at radius 3 is 2.40 bits per heavy atom. The summed E-state index contributed by atoms with van der Waals surface area (Å²) in [4.78, 5) is 22.4. The number of hydrogen-bond donors (Lipinski definition) is 2. The van der Waals surface area contributed by atoms with E-state index in [1.165, 1.54) is 0 Å². The molecule has 0 radical (unpaired) electrons. The summed E-state index contributed by atoms with van der Waals surface area (Å²) < 4.78 is 0. The molecule has 2 N–H and O–H groups in total. The first-order valence-electron chi connectivity index (χ1n) is 4.72. The van der Waals surface area contributed by atoms with E-state index in [1.807, 2.05) is 0 Å². The number of carboxylic acids is 1. The molecule has 0 spiro atoms. The molecule has 1 aromatic carbocycles. The summed E-state index contributed by atoms with van der Waals surface area (Å²) in [5, 5.41) is 11.5. The second-order valence-corrected chi connectivity index (χ2v) is 3.08. The van der Waals surface area contributed by atoms with E-state index in [0.717, 1.165) is 0 Å². The molecular formula is C11H13NO3. The Bertz CT molecular complexity index is 348. The third kappa shape index (κ3) is 2.80. The highest BCUT2D eigenvalue weighted by atomic mass is 16.4. The van der Waals surface area contributed by atoms with Crippen LogP contribution < -0.4 is 5.32 Å². The summed E-state index contributed by atoms with van der Waals surface area (Å²) in [7, 11) is 0. The first kappa shape index (κ1) is 11.2. The molecular weight excluding hydrogens is 194 g/mol. The van der Waals surface area contributed by atoms with Gasteiger partial charge in [0.2, 0.25) is 5.91 Å². The zero-order valence-electron chi connectivity index (χ0n) is 8.43. The third-order valence-corrected chi connectivity index (χ3v) is 1.99. The van der Waals surface area contributed by atoms with Crippen molar-refractivity contribution < 1.29 is 14.7 Å². The highest BCUT2D eigenvalue weighted by Crippen LogP contribution is 2.15. The van der Waals surface area contributed by atoms with Crippen molar-refractivity contribution in [2.75, 3.05) is 6.54 Å².